The Kier molecular flexibility index (Phi) is 6.83. The second-order valence-electron chi connectivity index (χ2n) is 5.22. The van der Waals surface area contributed by atoms with Crippen LogP contribution in [0, 0.1) is 0 Å². The van der Waals surface area contributed by atoms with Gasteiger partial charge in [0.25, 0.3) is 5.91 Å². The van der Waals surface area contributed by atoms with Gasteiger partial charge in [-0.3, -0.25) is 4.79 Å². The lowest BCUT2D eigenvalue weighted by Gasteiger charge is -2.07. The van der Waals surface area contributed by atoms with E-state index in [1.807, 2.05) is 24.3 Å². The van der Waals surface area contributed by atoms with E-state index in [0.717, 1.165) is 17.7 Å². The first-order chi connectivity index (χ1) is 12.2. The van der Waals surface area contributed by atoms with E-state index in [-0.39, 0.29) is 12.5 Å². The predicted octanol–water partition coefficient (Wildman–Crippen LogP) is 3.26. The van der Waals surface area contributed by atoms with Crippen molar-refractivity contribution in [2.45, 2.75) is 13.3 Å². The lowest BCUT2D eigenvalue weighted by atomic mass is 10.1. The van der Waals surface area contributed by atoms with Gasteiger partial charge in [0.2, 0.25) is 0 Å². The van der Waals surface area contributed by atoms with Crippen LogP contribution in [0.5, 0.6) is 11.5 Å². The molecule has 2 aromatic rings. The van der Waals surface area contributed by atoms with Crippen LogP contribution in [0.1, 0.15) is 18.1 Å². The van der Waals surface area contributed by atoms with Crippen LogP contribution < -0.4 is 14.8 Å². The third kappa shape index (κ3) is 5.53. The zero-order chi connectivity index (χ0) is 18.1. The summed E-state index contributed by atoms with van der Waals surface area (Å²) in [6.07, 6.45) is 2.39. The Hall–Kier alpha value is -3.02. The Labute approximate surface area is 147 Å². The maximum absolute atomic E-state index is 11.9. The molecule has 25 heavy (non-hydrogen) atoms. The van der Waals surface area contributed by atoms with E-state index in [1.165, 1.54) is 6.21 Å². The van der Waals surface area contributed by atoms with Crippen molar-refractivity contribution in [3.05, 3.63) is 53.6 Å². The minimum Gasteiger partial charge on any atom is -0.497 e. The molecule has 0 aliphatic rings. The maximum atomic E-state index is 11.9. The molecule has 0 aliphatic heterocycles. The molecule has 0 bridgehead atoms. The van der Waals surface area contributed by atoms with Gasteiger partial charge in [-0.25, -0.2) is 0 Å². The van der Waals surface area contributed by atoms with Crippen molar-refractivity contribution in [3.8, 4) is 11.5 Å². The van der Waals surface area contributed by atoms with Gasteiger partial charge in [-0.2, -0.15) is 0 Å². The zero-order valence-corrected chi connectivity index (χ0v) is 14.6. The molecular formula is C19H22N2O4. The van der Waals surface area contributed by atoms with Crippen LogP contribution in [0.3, 0.4) is 0 Å². The molecule has 0 saturated carbocycles. The van der Waals surface area contributed by atoms with Crippen molar-refractivity contribution in [3.63, 3.8) is 0 Å². The number of benzene rings is 2. The van der Waals surface area contributed by atoms with E-state index in [2.05, 4.69) is 17.4 Å². The molecule has 0 aromatic heterocycles. The number of carbonyl (C=O) groups excluding carboxylic acids is 1. The van der Waals surface area contributed by atoms with Gasteiger partial charge in [0.1, 0.15) is 11.5 Å². The van der Waals surface area contributed by atoms with E-state index < -0.39 is 0 Å². The van der Waals surface area contributed by atoms with Crippen LogP contribution in [0.4, 0.5) is 5.69 Å². The van der Waals surface area contributed by atoms with Crippen molar-refractivity contribution < 1.29 is 19.1 Å². The van der Waals surface area contributed by atoms with E-state index in [9.17, 15) is 4.79 Å². The molecule has 0 atom stereocenters. The van der Waals surface area contributed by atoms with Crippen LogP contribution in [-0.2, 0) is 16.1 Å². The number of ether oxygens (including phenoxy) is 2. The lowest BCUT2D eigenvalue weighted by molar-refractivity contribution is -0.120. The number of rotatable bonds is 8. The number of hydrogen-bond donors (Lipinski definition) is 1. The molecule has 6 nitrogen and oxygen atoms in total. The van der Waals surface area contributed by atoms with Crippen molar-refractivity contribution >= 4 is 17.8 Å². The Balaban J connectivity index is 1.89. The van der Waals surface area contributed by atoms with Crippen LogP contribution in [-0.4, -0.2) is 32.9 Å². The first-order valence-electron chi connectivity index (χ1n) is 7.92. The smallest absolute Gasteiger partial charge is 0.265 e. The second-order valence-corrected chi connectivity index (χ2v) is 5.22. The zero-order valence-electron chi connectivity index (χ0n) is 14.6. The first kappa shape index (κ1) is 18.3. The number of anilines is 1. The molecule has 2 rings (SSSR count). The van der Waals surface area contributed by atoms with Gasteiger partial charge in [0.05, 0.1) is 20.4 Å². The first-order valence-corrected chi connectivity index (χ1v) is 7.92. The average Bonchev–Trinajstić information content (AvgIpc) is 2.65. The normalized spacial score (nSPS) is 10.5. The summed E-state index contributed by atoms with van der Waals surface area (Å²) in [5, 5.41) is 6.59. The number of methoxy groups -OCH3 is 2. The highest BCUT2D eigenvalue weighted by Gasteiger charge is 2.05. The Morgan fingerprint density at radius 1 is 1.16 bits per heavy atom. The topological polar surface area (TPSA) is 69.2 Å². The fourth-order valence-electron chi connectivity index (χ4n) is 2.20. The molecule has 0 spiro atoms. The number of aryl methyl sites for hydroxylation is 1. The molecule has 0 radical (unpaired) electrons. The monoisotopic (exact) mass is 342 g/mol. The summed E-state index contributed by atoms with van der Waals surface area (Å²) in [5.41, 5.74) is 2.59. The third-order valence-electron chi connectivity index (χ3n) is 3.52. The number of amides is 1. The average molecular weight is 342 g/mol. The van der Waals surface area contributed by atoms with Gasteiger partial charge >= 0.3 is 0 Å². The summed E-state index contributed by atoms with van der Waals surface area (Å²) < 4.78 is 10.4. The van der Waals surface area contributed by atoms with Gasteiger partial charge in [-0.1, -0.05) is 24.2 Å². The SMILES string of the molecule is CCc1cccc(NC(=O)CO/N=C\c2cc(OC)ccc2OC)c1. The minimum absolute atomic E-state index is 0.181. The Bertz CT molecular complexity index is 744. The summed E-state index contributed by atoms with van der Waals surface area (Å²) in [5.74, 6) is 1.03. The Morgan fingerprint density at radius 3 is 2.72 bits per heavy atom. The molecule has 132 valence electrons. The van der Waals surface area contributed by atoms with Crippen LogP contribution in [0.2, 0.25) is 0 Å². The summed E-state index contributed by atoms with van der Waals surface area (Å²) in [6.45, 7) is 1.88. The van der Waals surface area contributed by atoms with Crippen molar-refractivity contribution in [2.24, 2.45) is 5.16 Å². The van der Waals surface area contributed by atoms with Gasteiger partial charge in [-0.05, 0) is 42.3 Å². The number of hydrogen-bond acceptors (Lipinski definition) is 5. The summed E-state index contributed by atoms with van der Waals surface area (Å²) in [6, 6.07) is 13.0. The quantitative estimate of drug-likeness (QED) is 0.590. The van der Waals surface area contributed by atoms with Crippen LogP contribution in [0.25, 0.3) is 0 Å². The van der Waals surface area contributed by atoms with Gasteiger partial charge in [0.15, 0.2) is 6.61 Å². The maximum Gasteiger partial charge on any atom is 0.265 e. The highest BCUT2D eigenvalue weighted by atomic mass is 16.6. The molecule has 2 aromatic carbocycles. The molecule has 0 aliphatic carbocycles. The van der Waals surface area contributed by atoms with Crippen LogP contribution in [0.15, 0.2) is 47.6 Å². The Morgan fingerprint density at radius 2 is 2.00 bits per heavy atom. The largest absolute Gasteiger partial charge is 0.497 e. The van der Waals surface area contributed by atoms with Gasteiger partial charge in [-0.15, -0.1) is 0 Å². The van der Waals surface area contributed by atoms with Crippen molar-refractivity contribution in [2.75, 3.05) is 26.1 Å². The molecule has 1 amide bonds. The fraction of sp³-hybridized carbons (Fsp3) is 0.263. The van der Waals surface area contributed by atoms with Crippen molar-refractivity contribution in [1.29, 1.82) is 0 Å². The molecule has 0 saturated heterocycles. The highest BCUT2D eigenvalue weighted by molar-refractivity contribution is 5.91. The minimum atomic E-state index is -0.275. The van der Waals surface area contributed by atoms with E-state index in [4.69, 9.17) is 14.3 Å². The number of nitrogens with zero attached hydrogens (tertiary/aromatic N) is 1. The van der Waals surface area contributed by atoms with Gasteiger partial charge < -0.3 is 19.6 Å². The van der Waals surface area contributed by atoms with Gasteiger partial charge in [0, 0.05) is 11.3 Å². The predicted molar refractivity (Wildman–Crippen MR) is 97.5 cm³/mol. The highest BCUT2D eigenvalue weighted by Crippen LogP contribution is 2.22. The number of nitrogens with one attached hydrogen (secondary N) is 1. The second kappa shape index (κ2) is 9.32. The molecular weight excluding hydrogens is 320 g/mol. The summed E-state index contributed by atoms with van der Waals surface area (Å²) in [7, 11) is 3.15. The van der Waals surface area contributed by atoms with E-state index in [0.29, 0.717) is 17.1 Å². The lowest BCUT2D eigenvalue weighted by Crippen LogP contribution is -2.17. The summed E-state index contributed by atoms with van der Waals surface area (Å²) >= 11 is 0. The van der Waals surface area contributed by atoms with Crippen molar-refractivity contribution in [1.82, 2.24) is 0 Å². The fourth-order valence-corrected chi connectivity index (χ4v) is 2.20. The third-order valence-corrected chi connectivity index (χ3v) is 3.52. The van der Waals surface area contributed by atoms with Crippen LogP contribution >= 0.6 is 0 Å². The molecule has 0 unspecified atom stereocenters. The standard InChI is InChI=1S/C19H22N2O4/c1-4-14-6-5-7-16(10-14)21-19(22)13-25-20-12-15-11-17(23-2)8-9-18(15)24-3/h5-12H,4,13H2,1-3H3,(H,21,22)/b20-12-. The van der Waals surface area contributed by atoms with E-state index >= 15 is 0 Å². The summed E-state index contributed by atoms with van der Waals surface area (Å²) in [4.78, 5) is 17.0. The molecule has 0 heterocycles. The molecule has 1 N–H and O–H groups in total. The number of carbonyl (C=O) groups is 1. The number of oxime groups is 1. The van der Waals surface area contributed by atoms with E-state index in [1.54, 1.807) is 32.4 Å². The molecule has 6 heteroatoms. The molecule has 0 fully saturated rings.